The molecule has 0 radical (unpaired) electrons. The highest BCUT2D eigenvalue weighted by Gasteiger charge is 2.09. The number of methoxy groups -OCH3 is 1. The number of rotatable bonds is 4. The summed E-state index contributed by atoms with van der Waals surface area (Å²) in [5.74, 6) is 0.345. The normalized spacial score (nSPS) is 12.1. The van der Waals surface area contributed by atoms with Crippen LogP contribution in [0.2, 0.25) is 5.02 Å². The molecule has 0 heterocycles. The van der Waals surface area contributed by atoms with Crippen LogP contribution in [0.5, 0.6) is 5.75 Å². The summed E-state index contributed by atoms with van der Waals surface area (Å²) in [7, 11) is 1.62. The van der Waals surface area contributed by atoms with Crippen LogP contribution in [0.3, 0.4) is 0 Å². The molecular formula is C15H14BrClFNO. The van der Waals surface area contributed by atoms with Gasteiger partial charge >= 0.3 is 0 Å². The van der Waals surface area contributed by atoms with Gasteiger partial charge in [0.1, 0.15) is 11.6 Å². The monoisotopic (exact) mass is 357 g/mol. The predicted molar refractivity (Wildman–Crippen MR) is 84.1 cm³/mol. The van der Waals surface area contributed by atoms with Crippen LogP contribution in [-0.4, -0.2) is 7.11 Å². The highest BCUT2D eigenvalue weighted by molar-refractivity contribution is 9.10. The van der Waals surface area contributed by atoms with Crippen LogP contribution in [0, 0.1) is 5.82 Å². The summed E-state index contributed by atoms with van der Waals surface area (Å²) in [6.07, 6.45) is 0. The maximum absolute atomic E-state index is 13.2. The van der Waals surface area contributed by atoms with Crippen LogP contribution in [-0.2, 0) is 0 Å². The molecule has 0 aliphatic rings. The summed E-state index contributed by atoms with van der Waals surface area (Å²) in [5, 5.41) is 3.46. The number of hydrogen-bond donors (Lipinski definition) is 1. The lowest BCUT2D eigenvalue weighted by atomic mass is 10.1. The lowest BCUT2D eigenvalue weighted by Gasteiger charge is -2.17. The number of anilines is 1. The molecule has 106 valence electrons. The highest BCUT2D eigenvalue weighted by atomic mass is 79.9. The van der Waals surface area contributed by atoms with E-state index < -0.39 is 5.82 Å². The third-order valence-corrected chi connectivity index (χ3v) is 3.68. The largest absolute Gasteiger partial charge is 0.497 e. The van der Waals surface area contributed by atoms with Gasteiger partial charge in [-0.3, -0.25) is 0 Å². The Bertz CT molecular complexity index is 621. The first-order valence-corrected chi connectivity index (χ1v) is 7.23. The van der Waals surface area contributed by atoms with Gasteiger partial charge in [0.15, 0.2) is 0 Å². The van der Waals surface area contributed by atoms with Crippen LogP contribution in [0.25, 0.3) is 0 Å². The Hall–Kier alpha value is -1.26. The first kappa shape index (κ1) is 15.1. The van der Waals surface area contributed by atoms with Gasteiger partial charge in [0, 0.05) is 22.3 Å². The maximum atomic E-state index is 13.2. The summed E-state index contributed by atoms with van der Waals surface area (Å²) >= 11 is 9.23. The lowest BCUT2D eigenvalue weighted by Crippen LogP contribution is -2.07. The van der Waals surface area contributed by atoms with Gasteiger partial charge in [0.05, 0.1) is 12.1 Å². The van der Waals surface area contributed by atoms with Crippen LogP contribution < -0.4 is 10.1 Å². The summed E-state index contributed by atoms with van der Waals surface area (Å²) < 4.78 is 19.3. The molecule has 20 heavy (non-hydrogen) atoms. The Balaban J connectivity index is 2.20. The fraction of sp³-hybridized carbons (Fsp3) is 0.200. The lowest BCUT2D eigenvalue weighted by molar-refractivity contribution is 0.414. The number of nitrogens with one attached hydrogen (secondary N) is 1. The zero-order valence-corrected chi connectivity index (χ0v) is 13.4. The second-order valence-electron chi connectivity index (χ2n) is 4.42. The molecule has 0 aliphatic carbocycles. The van der Waals surface area contributed by atoms with E-state index in [-0.39, 0.29) is 11.1 Å². The minimum atomic E-state index is -0.410. The van der Waals surface area contributed by atoms with E-state index in [0.29, 0.717) is 0 Å². The van der Waals surface area contributed by atoms with E-state index in [2.05, 4.69) is 21.2 Å². The zero-order valence-electron chi connectivity index (χ0n) is 11.1. The first-order valence-electron chi connectivity index (χ1n) is 6.05. The van der Waals surface area contributed by atoms with E-state index in [1.165, 1.54) is 6.07 Å². The van der Waals surface area contributed by atoms with Crippen LogP contribution in [0.4, 0.5) is 10.1 Å². The van der Waals surface area contributed by atoms with E-state index in [1.807, 2.05) is 25.1 Å². The molecule has 1 atom stereocenters. The van der Waals surface area contributed by atoms with Crippen molar-refractivity contribution < 1.29 is 9.13 Å². The van der Waals surface area contributed by atoms with Gasteiger partial charge in [-0.05, 0) is 36.8 Å². The first-order chi connectivity index (χ1) is 9.49. The number of benzene rings is 2. The van der Waals surface area contributed by atoms with Gasteiger partial charge < -0.3 is 10.1 Å². The second-order valence-corrected chi connectivity index (χ2v) is 5.74. The van der Waals surface area contributed by atoms with Crippen LogP contribution in [0.15, 0.2) is 40.9 Å². The van der Waals surface area contributed by atoms with Crippen molar-refractivity contribution in [2.75, 3.05) is 12.4 Å². The van der Waals surface area contributed by atoms with Gasteiger partial charge in [-0.25, -0.2) is 4.39 Å². The minimum absolute atomic E-state index is 0.00731. The average Bonchev–Trinajstić information content (AvgIpc) is 2.41. The molecule has 2 aromatic rings. The Morgan fingerprint density at radius 3 is 2.65 bits per heavy atom. The van der Waals surface area contributed by atoms with E-state index in [9.17, 15) is 4.39 Å². The molecule has 1 unspecified atom stereocenters. The topological polar surface area (TPSA) is 21.3 Å². The van der Waals surface area contributed by atoms with Gasteiger partial charge in [-0.15, -0.1) is 0 Å². The number of ether oxygens (including phenoxy) is 1. The predicted octanol–water partition coefficient (Wildman–Crippen LogP) is 5.42. The summed E-state index contributed by atoms with van der Waals surface area (Å²) in [4.78, 5) is 0. The molecule has 0 amide bonds. The smallest absolute Gasteiger partial charge is 0.141 e. The van der Waals surface area contributed by atoms with Crippen molar-refractivity contribution in [2.24, 2.45) is 0 Å². The van der Waals surface area contributed by atoms with E-state index in [4.69, 9.17) is 16.3 Å². The molecule has 0 saturated heterocycles. The van der Waals surface area contributed by atoms with Gasteiger partial charge in [0.25, 0.3) is 0 Å². The van der Waals surface area contributed by atoms with E-state index in [1.54, 1.807) is 19.2 Å². The van der Waals surface area contributed by atoms with Gasteiger partial charge in [-0.2, -0.15) is 0 Å². The quantitative estimate of drug-likeness (QED) is 0.787. The molecule has 2 aromatic carbocycles. The van der Waals surface area contributed by atoms with Crippen LogP contribution in [0.1, 0.15) is 18.5 Å². The van der Waals surface area contributed by atoms with E-state index in [0.717, 1.165) is 21.5 Å². The highest BCUT2D eigenvalue weighted by Crippen LogP contribution is 2.28. The summed E-state index contributed by atoms with van der Waals surface area (Å²) in [6.45, 7) is 1.98. The van der Waals surface area contributed by atoms with Crippen molar-refractivity contribution >= 4 is 33.2 Å². The van der Waals surface area contributed by atoms with Crippen molar-refractivity contribution in [3.63, 3.8) is 0 Å². The van der Waals surface area contributed by atoms with Crippen molar-refractivity contribution in [1.29, 1.82) is 0 Å². The molecule has 0 aliphatic heterocycles. The fourth-order valence-electron chi connectivity index (χ4n) is 1.88. The molecule has 1 N–H and O–H groups in total. The summed E-state index contributed by atoms with van der Waals surface area (Å²) in [6, 6.07) is 10.4. The SMILES string of the molecule is COc1cc(Br)cc(NC(C)c2ccc(F)c(Cl)c2)c1. The number of hydrogen-bond acceptors (Lipinski definition) is 2. The summed E-state index contributed by atoms with van der Waals surface area (Å²) in [5.41, 5.74) is 1.82. The molecule has 2 rings (SSSR count). The molecule has 0 saturated carbocycles. The molecular weight excluding hydrogens is 345 g/mol. The standard InChI is InChI=1S/C15H14BrClFNO/c1-9(10-3-4-15(18)14(17)5-10)19-12-6-11(16)7-13(8-12)20-2/h3-9,19H,1-2H3. The Morgan fingerprint density at radius 2 is 2.00 bits per heavy atom. The fourth-order valence-corrected chi connectivity index (χ4v) is 2.54. The third kappa shape index (κ3) is 3.64. The molecule has 0 spiro atoms. The Labute approximate surface area is 131 Å². The van der Waals surface area contributed by atoms with Crippen molar-refractivity contribution in [3.8, 4) is 5.75 Å². The Morgan fingerprint density at radius 1 is 1.25 bits per heavy atom. The van der Waals surface area contributed by atoms with E-state index >= 15 is 0 Å². The molecule has 0 aromatic heterocycles. The van der Waals surface area contributed by atoms with Gasteiger partial charge in [-0.1, -0.05) is 33.6 Å². The minimum Gasteiger partial charge on any atom is -0.497 e. The Kier molecular flexibility index (Phi) is 4.89. The van der Waals surface area contributed by atoms with Crippen molar-refractivity contribution in [2.45, 2.75) is 13.0 Å². The molecule has 2 nitrogen and oxygen atoms in total. The second kappa shape index (κ2) is 6.46. The molecule has 5 heteroatoms. The van der Waals surface area contributed by atoms with Crippen LogP contribution >= 0.6 is 27.5 Å². The average molecular weight is 359 g/mol. The molecule has 0 bridgehead atoms. The maximum Gasteiger partial charge on any atom is 0.141 e. The van der Waals surface area contributed by atoms with Crippen molar-refractivity contribution in [1.82, 2.24) is 0 Å². The number of halogens is 3. The zero-order chi connectivity index (χ0) is 14.7. The van der Waals surface area contributed by atoms with Crippen molar-refractivity contribution in [3.05, 3.63) is 57.3 Å². The third-order valence-electron chi connectivity index (χ3n) is 2.93. The van der Waals surface area contributed by atoms with Gasteiger partial charge in [0.2, 0.25) is 0 Å². The molecule has 0 fully saturated rings.